The van der Waals surface area contributed by atoms with E-state index in [-0.39, 0.29) is 5.82 Å². The Labute approximate surface area is 152 Å². The highest BCUT2D eigenvalue weighted by molar-refractivity contribution is 7.90. The zero-order valence-corrected chi connectivity index (χ0v) is 16.1. The first kappa shape index (κ1) is 18.5. The highest BCUT2D eigenvalue weighted by Gasteiger charge is 2.24. The molecule has 8 heteroatoms. The second-order valence-corrected chi connectivity index (χ2v) is 10.3. The van der Waals surface area contributed by atoms with Gasteiger partial charge in [-0.25, -0.2) is 22.5 Å². The number of aromatic nitrogens is 1. The molecule has 138 valence electrons. The largest absolute Gasteiger partial charge is 0.359 e. The molecule has 1 aromatic heterocycles. The van der Waals surface area contributed by atoms with Crippen LogP contribution in [-0.2, 0) is 10.0 Å². The first-order valence-corrected chi connectivity index (χ1v) is 11.0. The quantitative estimate of drug-likeness (QED) is 0.795. The molecule has 3 rings (SSSR count). The number of hydrogen-bond acceptors (Lipinski definition) is 5. The van der Waals surface area contributed by atoms with Gasteiger partial charge in [-0.2, -0.15) is 0 Å². The zero-order chi connectivity index (χ0) is 18.0. The number of benzene rings is 1. The van der Waals surface area contributed by atoms with E-state index in [0.29, 0.717) is 18.5 Å². The summed E-state index contributed by atoms with van der Waals surface area (Å²) in [5.74, 6) is 0.142. The number of nitrogens with one attached hydrogen (secondary N) is 2. The van der Waals surface area contributed by atoms with E-state index in [1.165, 1.54) is 23.5 Å². The predicted molar refractivity (Wildman–Crippen MR) is 101 cm³/mol. The van der Waals surface area contributed by atoms with E-state index in [1.54, 1.807) is 19.9 Å². The fraction of sp³-hybridized carbons (Fsp3) is 0.588. The molecule has 1 heterocycles. The van der Waals surface area contributed by atoms with Crippen molar-refractivity contribution in [3.05, 3.63) is 24.0 Å². The molecule has 2 N–H and O–H groups in total. The van der Waals surface area contributed by atoms with Crippen LogP contribution in [0.4, 0.5) is 9.52 Å². The Morgan fingerprint density at radius 3 is 2.68 bits per heavy atom. The lowest BCUT2D eigenvalue weighted by molar-refractivity contribution is 0.337. The molecule has 0 amide bonds. The smallest absolute Gasteiger partial charge is 0.213 e. The maximum atomic E-state index is 13.3. The van der Waals surface area contributed by atoms with Crippen molar-refractivity contribution in [2.24, 2.45) is 5.92 Å². The number of nitrogens with zero attached hydrogens (tertiary/aromatic N) is 1. The molecular formula is C17H24FN3O2S2. The minimum atomic E-state index is -3.18. The van der Waals surface area contributed by atoms with Gasteiger partial charge in [-0.15, -0.1) is 0 Å². The molecule has 0 aliphatic heterocycles. The molecule has 0 radical (unpaired) electrons. The molecule has 0 atom stereocenters. The zero-order valence-electron chi connectivity index (χ0n) is 14.5. The van der Waals surface area contributed by atoms with Crippen molar-refractivity contribution < 1.29 is 12.8 Å². The lowest BCUT2D eigenvalue weighted by atomic mass is 9.86. The summed E-state index contributed by atoms with van der Waals surface area (Å²) in [6, 6.07) is 4.97. The number of hydrogen-bond donors (Lipinski definition) is 2. The lowest BCUT2D eigenvalue weighted by Crippen LogP contribution is -2.37. The monoisotopic (exact) mass is 385 g/mol. The van der Waals surface area contributed by atoms with E-state index in [1.807, 2.05) is 0 Å². The molecule has 1 fully saturated rings. The summed E-state index contributed by atoms with van der Waals surface area (Å²) < 4.78 is 40.5. The molecule has 0 bridgehead atoms. The minimum Gasteiger partial charge on any atom is -0.359 e. The van der Waals surface area contributed by atoms with Gasteiger partial charge in [0, 0.05) is 12.6 Å². The number of halogens is 1. The van der Waals surface area contributed by atoms with E-state index in [4.69, 9.17) is 0 Å². The number of fused-ring (bicyclic) bond motifs is 1. The maximum absolute atomic E-state index is 13.3. The van der Waals surface area contributed by atoms with E-state index in [2.05, 4.69) is 15.0 Å². The number of anilines is 1. The van der Waals surface area contributed by atoms with Gasteiger partial charge in [-0.1, -0.05) is 11.3 Å². The SMILES string of the molecule is CC(C)S(=O)(=O)NCC1CCC(Nc2nc3ccc(F)cc3s2)CC1. The summed E-state index contributed by atoms with van der Waals surface area (Å²) >= 11 is 1.47. The molecule has 2 aromatic rings. The Kier molecular flexibility index (Phi) is 5.60. The third kappa shape index (κ3) is 4.68. The second kappa shape index (κ2) is 7.55. The van der Waals surface area contributed by atoms with E-state index >= 15 is 0 Å². The second-order valence-electron chi connectivity index (χ2n) is 6.94. The van der Waals surface area contributed by atoms with Gasteiger partial charge in [-0.05, 0) is 63.6 Å². The Balaban J connectivity index is 1.50. The predicted octanol–water partition coefficient (Wildman–Crippen LogP) is 3.73. The van der Waals surface area contributed by atoms with Gasteiger partial charge in [0.05, 0.1) is 15.5 Å². The average molecular weight is 386 g/mol. The standard InChI is InChI=1S/C17H24FN3O2S2/c1-11(2)25(22,23)19-10-12-3-6-14(7-4-12)20-17-21-15-8-5-13(18)9-16(15)24-17/h5,8-9,11-12,14,19H,3-4,6-7,10H2,1-2H3,(H,20,21). The number of thiazole rings is 1. The fourth-order valence-corrected chi connectivity index (χ4v) is 4.82. The van der Waals surface area contributed by atoms with Gasteiger partial charge >= 0.3 is 0 Å². The molecule has 1 aliphatic rings. The Morgan fingerprint density at radius 1 is 1.28 bits per heavy atom. The summed E-state index contributed by atoms with van der Waals surface area (Å²) in [7, 11) is -3.18. The van der Waals surface area contributed by atoms with E-state index < -0.39 is 15.3 Å². The highest BCUT2D eigenvalue weighted by atomic mass is 32.2. The molecular weight excluding hydrogens is 361 g/mol. The van der Waals surface area contributed by atoms with Crippen LogP contribution >= 0.6 is 11.3 Å². The van der Waals surface area contributed by atoms with Crippen molar-refractivity contribution >= 4 is 36.7 Å². The van der Waals surface area contributed by atoms with Crippen molar-refractivity contribution in [1.29, 1.82) is 0 Å². The minimum absolute atomic E-state index is 0.243. The summed E-state index contributed by atoms with van der Waals surface area (Å²) in [6.45, 7) is 3.90. The van der Waals surface area contributed by atoms with Crippen LogP contribution in [0.25, 0.3) is 10.2 Å². The highest BCUT2D eigenvalue weighted by Crippen LogP contribution is 2.30. The third-order valence-electron chi connectivity index (χ3n) is 4.72. The molecule has 1 saturated carbocycles. The Bertz CT molecular complexity index is 828. The summed E-state index contributed by atoms with van der Waals surface area (Å²) in [5.41, 5.74) is 0.811. The summed E-state index contributed by atoms with van der Waals surface area (Å²) in [4.78, 5) is 4.50. The van der Waals surface area contributed by atoms with Crippen LogP contribution in [0.3, 0.4) is 0 Å². The van der Waals surface area contributed by atoms with Crippen LogP contribution in [0.2, 0.25) is 0 Å². The van der Waals surface area contributed by atoms with Gasteiger partial charge in [0.25, 0.3) is 0 Å². The van der Waals surface area contributed by atoms with Gasteiger partial charge in [-0.3, -0.25) is 0 Å². The fourth-order valence-electron chi connectivity index (χ4n) is 3.05. The Hall–Kier alpha value is -1.25. The van der Waals surface area contributed by atoms with Crippen molar-refractivity contribution in [2.75, 3.05) is 11.9 Å². The molecule has 0 spiro atoms. The van der Waals surface area contributed by atoms with Crippen molar-refractivity contribution in [3.8, 4) is 0 Å². The van der Waals surface area contributed by atoms with Crippen LogP contribution in [0.1, 0.15) is 39.5 Å². The molecule has 1 aliphatic carbocycles. The van der Waals surface area contributed by atoms with Crippen LogP contribution in [0.5, 0.6) is 0 Å². The van der Waals surface area contributed by atoms with Gasteiger partial charge in [0.1, 0.15) is 5.82 Å². The van der Waals surface area contributed by atoms with Gasteiger partial charge in [0.15, 0.2) is 5.13 Å². The van der Waals surface area contributed by atoms with Gasteiger partial charge in [0.2, 0.25) is 10.0 Å². The van der Waals surface area contributed by atoms with Crippen molar-refractivity contribution in [2.45, 2.75) is 50.8 Å². The van der Waals surface area contributed by atoms with Crippen LogP contribution in [0, 0.1) is 11.7 Å². The molecule has 0 saturated heterocycles. The summed E-state index contributed by atoms with van der Waals surface area (Å²) in [5, 5.41) is 3.88. The average Bonchev–Trinajstić information content (AvgIpc) is 2.95. The van der Waals surface area contributed by atoms with Crippen LogP contribution in [0.15, 0.2) is 18.2 Å². The molecule has 1 aromatic carbocycles. The van der Waals surface area contributed by atoms with Crippen molar-refractivity contribution in [3.63, 3.8) is 0 Å². The van der Waals surface area contributed by atoms with Crippen LogP contribution in [-0.4, -0.2) is 31.2 Å². The first-order chi connectivity index (χ1) is 11.8. The molecule has 25 heavy (non-hydrogen) atoms. The van der Waals surface area contributed by atoms with Crippen molar-refractivity contribution in [1.82, 2.24) is 9.71 Å². The Morgan fingerprint density at radius 2 is 2.00 bits per heavy atom. The third-order valence-corrected chi connectivity index (χ3v) is 7.48. The summed E-state index contributed by atoms with van der Waals surface area (Å²) in [6.07, 6.45) is 3.94. The van der Waals surface area contributed by atoms with E-state index in [9.17, 15) is 12.8 Å². The molecule has 0 unspecified atom stereocenters. The van der Waals surface area contributed by atoms with E-state index in [0.717, 1.165) is 41.0 Å². The lowest BCUT2D eigenvalue weighted by Gasteiger charge is -2.29. The van der Waals surface area contributed by atoms with Gasteiger partial charge < -0.3 is 5.32 Å². The first-order valence-electron chi connectivity index (χ1n) is 8.64. The number of sulfonamides is 1. The molecule has 5 nitrogen and oxygen atoms in total. The normalized spacial score (nSPS) is 21.8. The van der Waals surface area contributed by atoms with Crippen LogP contribution < -0.4 is 10.0 Å². The number of rotatable bonds is 6. The maximum Gasteiger partial charge on any atom is 0.213 e. The topological polar surface area (TPSA) is 71.1 Å².